The zero-order chi connectivity index (χ0) is 36.1. The number of fused-ring (bicyclic) bond motifs is 9. The fourth-order valence-electron chi connectivity index (χ4n) is 12.1. The molecule has 2 N–H and O–H groups in total. The SMILES string of the molecule is C/C=C1\CN(C)[C@H]2Cc3c([nH]c4ccccc34)[C@H](c3cc4[nH]c5c(c4cc3OC)CCN3C[C@H]4C[C@H](CC)[C@H]3[C@@]5(C(=O)OC)C4)C[C@H]1[C@@H]2C(=O)OC. The van der Waals surface area contributed by atoms with Gasteiger partial charge in [0.1, 0.15) is 11.2 Å². The van der Waals surface area contributed by atoms with Crippen LogP contribution < -0.4 is 4.74 Å². The van der Waals surface area contributed by atoms with E-state index in [4.69, 9.17) is 14.2 Å². The number of ether oxygens (including phenoxy) is 3. The number of para-hydroxylation sites is 1. The molecule has 274 valence electrons. The Hall–Kier alpha value is -4.08. The molecule has 6 heterocycles. The molecule has 3 saturated heterocycles. The van der Waals surface area contributed by atoms with Gasteiger partial charge in [-0.25, -0.2) is 0 Å². The number of hydrogen-bond acceptors (Lipinski definition) is 7. The Bertz CT molecular complexity index is 2110. The molecule has 1 saturated carbocycles. The number of hydrogen-bond donors (Lipinski definition) is 2. The number of likely N-dealkylation sites (tertiary alicyclic amines) is 1. The lowest BCUT2D eigenvalue weighted by Gasteiger charge is -2.57. The van der Waals surface area contributed by atoms with Crippen molar-refractivity contribution in [1.82, 2.24) is 19.8 Å². The van der Waals surface area contributed by atoms with Gasteiger partial charge in [-0.1, -0.05) is 43.2 Å². The largest absolute Gasteiger partial charge is 0.496 e. The average molecular weight is 705 g/mol. The third kappa shape index (κ3) is 4.67. The van der Waals surface area contributed by atoms with Crippen molar-refractivity contribution >= 4 is 33.7 Å². The Morgan fingerprint density at radius 1 is 1.02 bits per heavy atom. The van der Waals surface area contributed by atoms with E-state index >= 15 is 0 Å². The number of H-pyrrole nitrogens is 2. The maximum Gasteiger partial charge on any atom is 0.319 e. The van der Waals surface area contributed by atoms with Gasteiger partial charge in [-0.05, 0) is 93.2 Å². The summed E-state index contributed by atoms with van der Waals surface area (Å²) in [7, 11) is 6.99. The number of carbonyl (C=O) groups excluding carboxylic acids is 2. The van der Waals surface area contributed by atoms with E-state index in [1.54, 1.807) is 14.2 Å². The molecular formula is C43H52N4O5. The third-order valence-corrected chi connectivity index (χ3v) is 14.1. The summed E-state index contributed by atoms with van der Waals surface area (Å²) in [5.41, 5.74) is 8.48. The highest BCUT2D eigenvalue weighted by molar-refractivity contribution is 5.93. The standard InChI is InChI=1S/C43H52N4O5/c1-7-24-15-23-20-43(42(49)52-6)39-27(13-14-47(21-23)40(24)43)29-19-36(50-4)30(17-34(29)45-39)31-16-28-25(8-2)22-46(3)35(37(28)41(48)51-5)18-32-26-11-9-10-12-33(26)44-38(31)32/h8-12,17,19,23-24,28,31,35,37,40,44-45H,7,13-16,18,20-22H2,1-6H3/b25-8+/t23-,24-,28+,31-,35-,37-,40-,43+/m0/s1. The van der Waals surface area contributed by atoms with Crippen LogP contribution in [0.25, 0.3) is 21.8 Å². The molecule has 4 aromatic rings. The minimum absolute atomic E-state index is 0.00122. The molecule has 2 aromatic carbocycles. The number of allylic oxidation sites excluding steroid dienone is 1. The van der Waals surface area contributed by atoms with Gasteiger partial charge in [0.25, 0.3) is 0 Å². The Morgan fingerprint density at radius 3 is 2.60 bits per heavy atom. The van der Waals surface area contributed by atoms with E-state index in [-0.39, 0.29) is 41.8 Å². The van der Waals surface area contributed by atoms with Crippen LogP contribution in [0.2, 0.25) is 0 Å². The van der Waals surface area contributed by atoms with Crippen molar-refractivity contribution in [2.45, 2.75) is 75.8 Å². The molecule has 2 aliphatic carbocycles. The Labute approximate surface area is 306 Å². The first kappa shape index (κ1) is 33.7. The van der Waals surface area contributed by atoms with Gasteiger partial charge in [-0.2, -0.15) is 0 Å². The second kappa shape index (κ2) is 12.5. The second-order valence-corrected chi connectivity index (χ2v) is 16.3. The number of methoxy groups -OCH3 is 3. The first-order chi connectivity index (χ1) is 25.3. The van der Waals surface area contributed by atoms with E-state index in [9.17, 15) is 9.59 Å². The van der Waals surface area contributed by atoms with Crippen LogP contribution in [0.3, 0.4) is 0 Å². The topological polar surface area (TPSA) is 99.9 Å². The molecule has 0 spiro atoms. The molecule has 6 aliphatic rings. The van der Waals surface area contributed by atoms with E-state index in [1.807, 2.05) is 0 Å². The summed E-state index contributed by atoms with van der Waals surface area (Å²) >= 11 is 0. The van der Waals surface area contributed by atoms with Crippen molar-refractivity contribution in [3.63, 3.8) is 0 Å². The molecule has 4 aliphatic heterocycles. The Morgan fingerprint density at radius 2 is 1.85 bits per heavy atom. The number of benzene rings is 2. The molecule has 10 rings (SSSR count). The van der Waals surface area contributed by atoms with Gasteiger partial charge >= 0.3 is 11.9 Å². The smallest absolute Gasteiger partial charge is 0.319 e. The van der Waals surface area contributed by atoms with Gasteiger partial charge in [0.05, 0.1) is 27.2 Å². The zero-order valence-electron chi connectivity index (χ0n) is 31.4. The molecule has 9 heteroatoms. The van der Waals surface area contributed by atoms with Gasteiger partial charge in [0, 0.05) is 76.4 Å². The molecule has 2 aromatic heterocycles. The zero-order valence-corrected chi connectivity index (χ0v) is 31.4. The van der Waals surface area contributed by atoms with Crippen LogP contribution in [0, 0.1) is 23.7 Å². The Kier molecular flexibility index (Phi) is 8.12. The maximum absolute atomic E-state index is 14.2. The Balaban J connectivity index is 1.27. The number of piperidine rings is 3. The monoisotopic (exact) mass is 704 g/mol. The van der Waals surface area contributed by atoms with Crippen molar-refractivity contribution in [2.75, 3.05) is 48.0 Å². The summed E-state index contributed by atoms with van der Waals surface area (Å²) in [6.07, 6.45) is 7.59. The van der Waals surface area contributed by atoms with Gasteiger partial charge < -0.3 is 24.2 Å². The van der Waals surface area contributed by atoms with Gasteiger partial charge in [-0.15, -0.1) is 0 Å². The predicted molar refractivity (Wildman–Crippen MR) is 202 cm³/mol. The van der Waals surface area contributed by atoms with Crippen LogP contribution in [-0.4, -0.2) is 91.8 Å². The van der Waals surface area contributed by atoms with Crippen LogP contribution in [0.4, 0.5) is 0 Å². The highest BCUT2D eigenvalue weighted by atomic mass is 16.5. The lowest BCUT2D eigenvalue weighted by molar-refractivity contribution is -0.162. The number of likely N-dealkylation sites (N-methyl/N-ethyl adjacent to an activating group) is 1. The number of nitrogens with zero attached hydrogens (tertiary/aromatic N) is 2. The van der Waals surface area contributed by atoms with Crippen LogP contribution in [0.5, 0.6) is 5.75 Å². The number of esters is 2. The number of rotatable bonds is 5. The lowest BCUT2D eigenvalue weighted by atomic mass is 9.56. The van der Waals surface area contributed by atoms with Gasteiger partial charge in [0.2, 0.25) is 0 Å². The van der Waals surface area contributed by atoms with Crippen molar-refractivity contribution in [1.29, 1.82) is 0 Å². The molecule has 0 radical (unpaired) electrons. The second-order valence-electron chi connectivity index (χ2n) is 16.3. The fourth-order valence-corrected chi connectivity index (χ4v) is 12.1. The van der Waals surface area contributed by atoms with E-state index in [0.717, 1.165) is 85.2 Å². The first-order valence-electron chi connectivity index (χ1n) is 19.3. The summed E-state index contributed by atoms with van der Waals surface area (Å²) < 4.78 is 17.6. The summed E-state index contributed by atoms with van der Waals surface area (Å²) in [5, 5.41) is 2.32. The van der Waals surface area contributed by atoms with Gasteiger partial charge in [0.15, 0.2) is 0 Å². The van der Waals surface area contributed by atoms with Crippen molar-refractivity contribution in [3.05, 3.63) is 76.1 Å². The highest BCUT2D eigenvalue weighted by Gasteiger charge is 2.62. The molecule has 1 unspecified atom stereocenters. The normalized spacial score (nSPS) is 33.2. The van der Waals surface area contributed by atoms with E-state index < -0.39 is 5.41 Å². The average Bonchev–Trinajstić information content (AvgIpc) is 3.69. The minimum atomic E-state index is -0.725. The maximum atomic E-state index is 14.2. The van der Waals surface area contributed by atoms with Crippen molar-refractivity contribution in [3.8, 4) is 5.75 Å². The minimum Gasteiger partial charge on any atom is -0.496 e. The van der Waals surface area contributed by atoms with Crippen LogP contribution >= 0.6 is 0 Å². The number of aromatic amines is 2. The molecule has 9 nitrogen and oxygen atoms in total. The van der Waals surface area contributed by atoms with Crippen LogP contribution in [0.15, 0.2) is 48.0 Å². The van der Waals surface area contributed by atoms with Crippen molar-refractivity contribution < 1.29 is 23.8 Å². The summed E-state index contributed by atoms with van der Waals surface area (Å²) in [4.78, 5) is 40.8. The quantitative estimate of drug-likeness (QED) is 0.181. The van der Waals surface area contributed by atoms with Gasteiger partial charge in [-0.3, -0.25) is 19.4 Å². The fraction of sp³-hybridized carbons (Fsp3) is 0.535. The number of nitrogens with one attached hydrogen (secondary N) is 2. The third-order valence-electron chi connectivity index (χ3n) is 14.1. The molecule has 9 atom stereocenters. The number of aromatic nitrogens is 2. The molecule has 4 fully saturated rings. The first-order valence-corrected chi connectivity index (χ1v) is 19.3. The van der Waals surface area contributed by atoms with E-state index in [2.05, 4.69) is 83.1 Å². The number of carbonyl (C=O) groups is 2. The predicted octanol–water partition coefficient (Wildman–Crippen LogP) is 6.49. The van der Waals surface area contributed by atoms with E-state index in [1.165, 1.54) is 41.3 Å². The molecule has 6 bridgehead atoms. The van der Waals surface area contributed by atoms with Crippen LogP contribution in [-0.2, 0) is 37.3 Å². The molecular weight excluding hydrogens is 652 g/mol. The summed E-state index contributed by atoms with van der Waals surface area (Å²) in [6.45, 7) is 7.17. The summed E-state index contributed by atoms with van der Waals surface area (Å²) in [6, 6.07) is 13.2. The molecule has 52 heavy (non-hydrogen) atoms. The highest BCUT2D eigenvalue weighted by Crippen LogP contribution is 2.56. The van der Waals surface area contributed by atoms with E-state index in [0.29, 0.717) is 11.8 Å². The lowest BCUT2D eigenvalue weighted by Crippen LogP contribution is -2.67. The summed E-state index contributed by atoms with van der Waals surface area (Å²) in [5.74, 6) is 1.11. The van der Waals surface area contributed by atoms with Crippen LogP contribution in [0.1, 0.15) is 73.5 Å². The molecule has 0 amide bonds. The van der Waals surface area contributed by atoms with Crippen molar-refractivity contribution in [2.24, 2.45) is 23.7 Å².